The minimum absolute atomic E-state index is 0.163. The van der Waals surface area contributed by atoms with Crippen LogP contribution in [-0.2, 0) is 17.9 Å². The van der Waals surface area contributed by atoms with Crippen LogP contribution in [0, 0.1) is 0 Å². The number of anilines is 2. The lowest BCUT2D eigenvalue weighted by Gasteiger charge is -2.26. The molecule has 7 heteroatoms. The van der Waals surface area contributed by atoms with E-state index in [9.17, 15) is 4.79 Å². The van der Waals surface area contributed by atoms with Gasteiger partial charge < -0.3 is 20.9 Å². The van der Waals surface area contributed by atoms with Gasteiger partial charge in [-0.2, -0.15) is 0 Å². The van der Waals surface area contributed by atoms with Gasteiger partial charge in [-0.25, -0.2) is 4.98 Å². The van der Waals surface area contributed by atoms with E-state index < -0.39 is 0 Å². The number of benzene rings is 2. The summed E-state index contributed by atoms with van der Waals surface area (Å²) in [5.41, 5.74) is 9.13. The Morgan fingerprint density at radius 3 is 2.47 bits per heavy atom. The number of rotatable bonds is 8. The van der Waals surface area contributed by atoms with Crippen molar-refractivity contribution in [1.29, 1.82) is 0 Å². The molecule has 0 radical (unpaired) electrons. The highest BCUT2D eigenvalue weighted by Crippen LogP contribution is 2.26. The molecule has 0 spiro atoms. The molecule has 166 valence electrons. The number of amides is 1. The average Bonchev–Trinajstić information content (AvgIpc) is 3.32. The second-order valence-electron chi connectivity index (χ2n) is 7.86. The third-order valence-corrected chi connectivity index (χ3v) is 6.40. The Bertz CT molecular complexity index is 1030. The van der Waals surface area contributed by atoms with E-state index in [1.807, 2.05) is 66.0 Å². The van der Waals surface area contributed by atoms with Crippen molar-refractivity contribution in [3.8, 4) is 0 Å². The highest BCUT2D eigenvalue weighted by molar-refractivity contribution is 7.13. The number of nitrogens with two attached hydrogens (primary N) is 1. The first-order valence-electron chi connectivity index (χ1n) is 11.0. The molecular formula is C25H29N5OS. The molecule has 1 amide bonds. The zero-order chi connectivity index (χ0) is 22.2. The summed E-state index contributed by atoms with van der Waals surface area (Å²) in [6.45, 7) is 3.08. The van der Waals surface area contributed by atoms with Gasteiger partial charge in [0, 0.05) is 36.9 Å². The van der Waals surface area contributed by atoms with Gasteiger partial charge in [0.05, 0.1) is 12.2 Å². The first-order chi connectivity index (χ1) is 15.7. The molecule has 1 aliphatic heterocycles. The van der Waals surface area contributed by atoms with Crippen molar-refractivity contribution in [1.82, 2.24) is 10.3 Å². The van der Waals surface area contributed by atoms with Gasteiger partial charge in [-0.3, -0.25) is 4.79 Å². The quantitative estimate of drug-likeness (QED) is 0.505. The predicted molar refractivity (Wildman–Crippen MR) is 131 cm³/mol. The van der Waals surface area contributed by atoms with Gasteiger partial charge in [-0.05, 0) is 37.0 Å². The van der Waals surface area contributed by atoms with Crippen LogP contribution in [0.15, 0.2) is 77.9 Å². The van der Waals surface area contributed by atoms with Crippen LogP contribution in [0.5, 0.6) is 0 Å². The summed E-state index contributed by atoms with van der Waals surface area (Å²) in [6.07, 6.45) is 5.29. The van der Waals surface area contributed by atoms with E-state index in [4.69, 9.17) is 10.7 Å². The third-order valence-electron chi connectivity index (χ3n) is 5.45. The van der Waals surface area contributed by atoms with Crippen LogP contribution < -0.4 is 20.9 Å². The molecule has 4 rings (SSSR count). The number of carbonyl (C=O) groups excluding carboxylic acids is 1. The van der Waals surface area contributed by atoms with Crippen LogP contribution >= 0.6 is 11.3 Å². The minimum atomic E-state index is -0.246. The average molecular weight is 448 g/mol. The number of nitrogens with one attached hydrogen (secondary N) is 1. The van der Waals surface area contributed by atoms with Gasteiger partial charge in [-0.15, -0.1) is 11.3 Å². The van der Waals surface area contributed by atoms with E-state index in [2.05, 4.69) is 10.2 Å². The second kappa shape index (κ2) is 10.8. The number of hydrogen-bond donors (Lipinski definition) is 2. The van der Waals surface area contributed by atoms with Gasteiger partial charge in [0.15, 0.2) is 5.13 Å². The van der Waals surface area contributed by atoms with Gasteiger partial charge in [-0.1, -0.05) is 48.5 Å². The molecule has 0 saturated carbocycles. The number of thiazole rings is 1. The normalized spacial score (nSPS) is 14.2. The van der Waals surface area contributed by atoms with Crippen LogP contribution in [0.25, 0.3) is 0 Å². The Balaban J connectivity index is 1.47. The molecule has 0 aliphatic carbocycles. The number of hydrogen-bond acceptors (Lipinski definition) is 6. The van der Waals surface area contributed by atoms with Crippen molar-refractivity contribution in [2.75, 3.05) is 22.9 Å². The van der Waals surface area contributed by atoms with Crippen molar-refractivity contribution in [2.24, 2.45) is 5.73 Å². The maximum atomic E-state index is 13.3. The molecule has 1 aromatic heterocycles. The summed E-state index contributed by atoms with van der Waals surface area (Å²) in [7, 11) is 0. The fraction of sp³-hybridized carbons (Fsp3) is 0.280. The highest BCUT2D eigenvalue weighted by Gasteiger charge is 2.21. The second-order valence-corrected chi connectivity index (χ2v) is 8.70. The number of nitrogens with zero attached hydrogens (tertiary/aromatic N) is 3. The van der Waals surface area contributed by atoms with E-state index in [1.54, 1.807) is 22.4 Å². The first-order valence-corrected chi connectivity index (χ1v) is 11.9. The molecule has 1 aliphatic rings. The van der Waals surface area contributed by atoms with Crippen molar-refractivity contribution in [3.05, 3.63) is 89.2 Å². The van der Waals surface area contributed by atoms with Crippen LogP contribution in [0.4, 0.5) is 10.8 Å². The fourth-order valence-corrected chi connectivity index (χ4v) is 4.61. The largest absolute Gasteiger partial charge is 0.393 e. The number of carbonyl (C=O) groups is 1. The smallest absolute Gasteiger partial charge is 0.276 e. The topological polar surface area (TPSA) is 74.5 Å². The minimum Gasteiger partial charge on any atom is -0.393 e. The Kier molecular flexibility index (Phi) is 7.40. The summed E-state index contributed by atoms with van der Waals surface area (Å²) < 4.78 is 0. The maximum absolute atomic E-state index is 13.3. The molecule has 0 unspecified atom stereocenters. The zero-order valence-corrected chi connectivity index (χ0v) is 18.9. The van der Waals surface area contributed by atoms with Crippen molar-refractivity contribution in [3.63, 3.8) is 0 Å². The van der Waals surface area contributed by atoms with E-state index in [0.717, 1.165) is 35.2 Å². The van der Waals surface area contributed by atoms with Gasteiger partial charge in [0.25, 0.3) is 5.91 Å². The first kappa shape index (κ1) is 21.9. The summed E-state index contributed by atoms with van der Waals surface area (Å²) in [5.74, 6) is -0.246. The molecule has 3 aromatic rings. The van der Waals surface area contributed by atoms with E-state index >= 15 is 0 Å². The van der Waals surface area contributed by atoms with Crippen LogP contribution in [0.1, 0.15) is 30.5 Å². The van der Waals surface area contributed by atoms with E-state index in [0.29, 0.717) is 13.1 Å². The highest BCUT2D eigenvalue weighted by atomic mass is 32.1. The van der Waals surface area contributed by atoms with Crippen LogP contribution in [0.2, 0.25) is 0 Å². The standard InChI is InChI=1S/C25H29N5OS/c26-23(17-27-16-20-10-4-1-5-11-20)24(31)30(22-12-6-2-7-13-22)18-21-19-32-25(28-21)29-14-8-3-9-15-29/h1-2,4-7,10-13,17,19,27H,3,8-9,14-16,18,26H2/b23-17-. The molecule has 3 N–H and O–H groups in total. The zero-order valence-electron chi connectivity index (χ0n) is 18.1. The lowest BCUT2D eigenvalue weighted by molar-refractivity contribution is -0.115. The predicted octanol–water partition coefficient (Wildman–Crippen LogP) is 4.26. The number of piperidine rings is 1. The maximum Gasteiger partial charge on any atom is 0.276 e. The summed E-state index contributed by atoms with van der Waals surface area (Å²) in [4.78, 5) is 22.1. The molecule has 0 bridgehead atoms. The monoisotopic (exact) mass is 447 g/mol. The van der Waals surface area contributed by atoms with E-state index in [-0.39, 0.29) is 11.6 Å². The lowest BCUT2D eigenvalue weighted by atomic mass is 10.1. The van der Waals surface area contributed by atoms with Gasteiger partial charge in [0.2, 0.25) is 0 Å². The Morgan fingerprint density at radius 1 is 1.06 bits per heavy atom. The SMILES string of the molecule is N/C(=C\NCc1ccccc1)C(=O)N(Cc1csc(N2CCCCC2)n1)c1ccccc1. The molecule has 2 heterocycles. The Labute approximate surface area is 193 Å². The fourth-order valence-electron chi connectivity index (χ4n) is 3.74. The van der Waals surface area contributed by atoms with Crippen LogP contribution in [0.3, 0.4) is 0 Å². The van der Waals surface area contributed by atoms with Crippen molar-refractivity contribution in [2.45, 2.75) is 32.4 Å². The number of aromatic nitrogens is 1. The summed E-state index contributed by atoms with van der Waals surface area (Å²) in [6, 6.07) is 19.6. The van der Waals surface area contributed by atoms with Crippen molar-refractivity contribution >= 4 is 28.1 Å². The summed E-state index contributed by atoms with van der Waals surface area (Å²) in [5, 5.41) is 6.22. The lowest BCUT2D eigenvalue weighted by Crippen LogP contribution is -2.35. The molecule has 6 nitrogen and oxygen atoms in total. The Morgan fingerprint density at radius 2 is 1.75 bits per heavy atom. The molecule has 1 fully saturated rings. The third kappa shape index (κ3) is 5.68. The molecule has 2 aromatic carbocycles. The van der Waals surface area contributed by atoms with E-state index in [1.165, 1.54) is 19.3 Å². The van der Waals surface area contributed by atoms with Crippen LogP contribution in [-0.4, -0.2) is 24.0 Å². The molecule has 0 atom stereocenters. The van der Waals surface area contributed by atoms with Crippen molar-refractivity contribution < 1.29 is 4.79 Å². The molecule has 32 heavy (non-hydrogen) atoms. The van der Waals surface area contributed by atoms with Gasteiger partial charge >= 0.3 is 0 Å². The molecular weight excluding hydrogens is 418 g/mol. The number of para-hydroxylation sites is 1. The molecule has 1 saturated heterocycles. The van der Waals surface area contributed by atoms with Gasteiger partial charge in [0.1, 0.15) is 5.70 Å². The summed E-state index contributed by atoms with van der Waals surface area (Å²) >= 11 is 1.64. The Hall–Kier alpha value is -3.32.